The van der Waals surface area contributed by atoms with Crippen LogP contribution in [0.15, 0.2) is 18.3 Å². The molecule has 1 aromatic heterocycles. The Kier molecular flexibility index (Phi) is 6.08. The summed E-state index contributed by atoms with van der Waals surface area (Å²) in [5.74, 6) is -0.667. The second-order valence-electron chi connectivity index (χ2n) is 8.24. The minimum Gasteiger partial charge on any atom is -0.481 e. The molecule has 2 unspecified atom stereocenters. The molecule has 1 aromatic rings. The van der Waals surface area contributed by atoms with Crippen LogP contribution >= 0.6 is 23.5 Å². The van der Waals surface area contributed by atoms with Gasteiger partial charge in [-0.2, -0.15) is 5.26 Å². The molecular formula is C21H24N4O5S2. The van der Waals surface area contributed by atoms with Gasteiger partial charge in [0.05, 0.1) is 24.6 Å². The molecule has 2 aliphatic rings. The highest BCUT2D eigenvalue weighted by molar-refractivity contribution is 8.16. The molecule has 3 rings (SSSR count). The maximum Gasteiger partial charge on any atom is 0.261 e. The van der Waals surface area contributed by atoms with Crippen LogP contribution in [0.4, 0.5) is 0 Å². The quantitative estimate of drug-likeness (QED) is 0.644. The molecule has 0 N–H and O–H groups in total. The SMILES string of the molecule is COc1ccc(C2N3C(=O)[C@](C)(SC(C)=O)N(C)C(=O)C3(SC(C)=O)C[C@]2(C)C#N)cn1. The number of pyridine rings is 1. The number of amides is 2. The Labute approximate surface area is 194 Å². The fourth-order valence-corrected chi connectivity index (χ4v) is 6.83. The number of ether oxygens (including phenoxy) is 1. The lowest BCUT2D eigenvalue weighted by atomic mass is 9.80. The van der Waals surface area contributed by atoms with E-state index in [4.69, 9.17) is 4.74 Å². The molecule has 2 fully saturated rings. The van der Waals surface area contributed by atoms with Crippen molar-refractivity contribution in [1.29, 1.82) is 5.26 Å². The third-order valence-corrected chi connectivity index (χ3v) is 8.22. The van der Waals surface area contributed by atoms with Gasteiger partial charge in [-0.1, -0.05) is 11.8 Å². The van der Waals surface area contributed by atoms with Gasteiger partial charge in [-0.3, -0.25) is 19.2 Å². The summed E-state index contributed by atoms with van der Waals surface area (Å²) in [7, 11) is 2.92. The van der Waals surface area contributed by atoms with Crippen molar-refractivity contribution >= 4 is 45.6 Å². The first-order valence-electron chi connectivity index (χ1n) is 9.78. The Morgan fingerprint density at radius 2 is 1.81 bits per heavy atom. The number of likely N-dealkylation sites (N-methyl/N-ethyl adjacent to an activating group) is 1. The highest BCUT2D eigenvalue weighted by Gasteiger charge is 2.71. The Morgan fingerprint density at radius 1 is 1.19 bits per heavy atom. The van der Waals surface area contributed by atoms with Gasteiger partial charge in [0.1, 0.15) is 0 Å². The van der Waals surface area contributed by atoms with Crippen LogP contribution in [-0.2, 0) is 19.2 Å². The highest BCUT2D eigenvalue weighted by atomic mass is 32.2. The van der Waals surface area contributed by atoms with Crippen molar-refractivity contribution in [2.45, 2.75) is 49.9 Å². The zero-order valence-corrected chi connectivity index (χ0v) is 20.3. The van der Waals surface area contributed by atoms with E-state index in [2.05, 4.69) is 11.1 Å². The van der Waals surface area contributed by atoms with E-state index >= 15 is 0 Å². The van der Waals surface area contributed by atoms with Crippen molar-refractivity contribution in [3.63, 3.8) is 0 Å². The first-order valence-corrected chi connectivity index (χ1v) is 11.4. The molecule has 11 heteroatoms. The maximum atomic E-state index is 14.0. The molecule has 170 valence electrons. The molecule has 2 amide bonds. The van der Waals surface area contributed by atoms with Gasteiger partial charge in [0.25, 0.3) is 11.8 Å². The fraction of sp³-hybridized carbons (Fsp3) is 0.524. The van der Waals surface area contributed by atoms with Crippen LogP contribution in [0.1, 0.15) is 45.7 Å². The van der Waals surface area contributed by atoms with Gasteiger partial charge in [0, 0.05) is 39.6 Å². The standard InChI is InChI=1S/C21H24N4O5S2/c1-12(26)31-20(4)17(28)25-16(14-7-8-15(30-6)23-9-14)19(3,11-22)10-21(25,32-13(2)27)18(29)24(20)5/h7-9,16H,10H2,1-6H3/t16?,19-,20+,21?/m1/s1. The molecule has 9 nitrogen and oxygen atoms in total. The Balaban J connectivity index is 2.29. The second-order valence-corrected chi connectivity index (χ2v) is 11.3. The smallest absolute Gasteiger partial charge is 0.261 e. The monoisotopic (exact) mass is 476 g/mol. The highest BCUT2D eigenvalue weighted by Crippen LogP contribution is 2.62. The molecule has 0 saturated carbocycles. The van der Waals surface area contributed by atoms with Crippen molar-refractivity contribution in [2.24, 2.45) is 5.41 Å². The van der Waals surface area contributed by atoms with E-state index in [0.29, 0.717) is 11.4 Å². The lowest BCUT2D eigenvalue weighted by Crippen LogP contribution is -2.71. The van der Waals surface area contributed by atoms with E-state index < -0.39 is 33.0 Å². The van der Waals surface area contributed by atoms with Crippen LogP contribution in [-0.4, -0.2) is 60.7 Å². The average Bonchev–Trinajstić information content (AvgIpc) is 3.00. The molecular weight excluding hydrogens is 452 g/mol. The predicted octanol–water partition coefficient (Wildman–Crippen LogP) is 2.34. The molecule has 0 radical (unpaired) electrons. The lowest BCUT2D eigenvalue weighted by molar-refractivity contribution is -0.163. The van der Waals surface area contributed by atoms with E-state index in [-0.39, 0.29) is 16.7 Å². The predicted molar refractivity (Wildman–Crippen MR) is 119 cm³/mol. The number of rotatable bonds is 4. The summed E-state index contributed by atoms with van der Waals surface area (Å²) in [5, 5.41) is 9.46. The van der Waals surface area contributed by atoms with Gasteiger partial charge >= 0.3 is 0 Å². The van der Waals surface area contributed by atoms with E-state index in [0.717, 1.165) is 23.5 Å². The summed E-state index contributed by atoms with van der Waals surface area (Å²) in [6.07, 6.45) is 1.45. The lowest BCUT2D eigenvalue weighted by Gasteiger charge is -2.52. The number of nitriles is 1. The number of nitrogens with zero attached hydrogens (tertiary/aromatic N) is 4. The molecule has 4 atom stereocenters. The topological polar surface area (TPSA) is 121 Å². The van der Waals surface area contributed by atoms with Crippen molar-refractivity contribution < 1.29 is 23.9 Å². The van der Waals surface area contributed by atoms with E-state index in [1.807, 2.05) is 0 Å². The van der Waals surface area contributed by atoms with Crippen molar-refractivity contribution in [2.75, 3.05) is 14.2 Å². The fourth-order valence-electron chi connectivity index (χ4n) is 4.51. The Hall–Kier alpha value is -2.58. The van der Waals surface area contributed by atoms with Crippen LogP contribution in [0.25, 0.3) is 0 Å². The van der Waals surface area contributed by atoms with Gasteiger partial charge in [-0.25, -0.2) is 4.98 Å². The summed E-state index contributed by atoms with van der Waals surface area (Å²) < 4.78 is 5.11. The minimum atomic E-state index is -1.61. The number of aromatic nitrogens is 1. The molecule has 0 bridgehead atoms. The van der Waals surface area contributed by atoms with Crippen LogP contribution < -0.4 is 4.74 Å². The Morgan fingerprint density at radius 3 is 2.28 bits per heavy atom. The van der Waals surface area contributed by atoms with Crippen LogP contribution in [0.5, 0.6) is 5.88 Å². The van der Waals surface area contributed by atoms with Crippen LogP contribution in [0.2, 0.25) is 0 Å². The van der Waals surface area contributed by atoms with Crippen molar-refractivity contribution in [3.05, 3.63) is 23.9 Å². The van der Waals surface area contributed by atoms with Gasteiger partial charge < -0.3 is 14.5 Å². The Bertz CT molecular complexity index is 1040. The number of hydrogen-bond donors (Lipinski definition) is 0. The molecule has 3 heterocycles. The van der Waals surface area contributed by atoms with Crippen molar-refractivity contribution in [3.8, 4) is 11.9 Å². The minimum absolute atomic E-state index is 0.0484. The summed E-state index contributed by atoms with van der Waals surface area (Å²) >= 11 is 1.47. The van der Waals surface area contributed by atoms with E-state index in [1.165, 1.54) is 50.9 Å². The molecule has 32 heavy (non-hydrogen) atoms. The van der Waals surface area contributed by atoms with Gasteiger partial charge in [0.15, 0.2) is 20.0 Å². The number of hydrogen-bond acceptors (Lipinski definition) is 9. The number of carbonyl (C=O) groups excluding carboxylic acids is 4. The van der Waals surface area contributed by atoms with Crippen LogP contribution in [0, 0.1) is 16.7 Å². The third kappa shape index (κ3) is 3.46. The van der Waals surface area contributed by atoms with Gasteiger partial charge in [0.2, 0.25) is 5.88 Å². The average molecular weight is 477 g/mol. The zero-order chi connectivity index (χ0) is 24.1. The first kappa shape index (κ1) is 24.1. The molecule has 0 spiro atoms. The number of thioether (sulfide) groups is 2. The van der Waals surface area contributed by atoms with Crippen LogP contribution in [0.3, 0.4) is 0 Å². The summed E-state index contributed by atoms with van der Waals surface area (Å²) in [4.78, 5) is 55.7. The summed E-state index contributed by atoms with van der Waals surface area (Å²) in [5.41, 5.74) is -0.668. The van der Waals surface area contributed by atoms with E-state index in [1.54, 1.807) is 19.1 Å². The maximum absolute atomic E-state index is 14.0. The molecule has 2 saturated heterocycles. The number of carbonyl (C=O) groups is 4. The summed E-state index contributed by atoms with van der Waals surface area (Å²) in [6, 6.07) is 4.70. The van der Waals surface area contributed by atoms with E-state index in [9.17, 15) is 24.4 Å². The second kappa shape index (κ2) is 8.08. The largest absolute Gasteiger partial charge is 0.481 e. The van der Waals surface area contributed by atoms with Gasteiger partial charge in [-0.05, 0) is 37.2 Å². The number of fused-ring (bicyclic) bond motifs is 1. The third-order valence-electron chi connectivity index (χ3n) is 5.95. The number of methoxy groups -OCH3 is 1. The normalized spacial score (nSPS) is 31.8. The molecule has 0 aromatic carbocycles. The van der Waals surface area contributed by atoms with Gasteiger partial charge in [-0.15, -0.1) is 0 Å². The molecule has 0 aliphatic carbocycles. The van der Waals surface area contributed by atoms with Crippen molar-refractivity contribution in [1.82, 2.24) is 14.8 Å². The molecule has 2 aliphatic heterocycles. The summed E-state index contributed by atoms with van der Waals surface area (Å²) in [6.45, 7) is 5.81. The first-order chi connectivity index (χ1) is 14.9. The zero-order valence-electron chi connectivity index (χ0n) is 18.7. The number of piperazine rings is 1.